The average Bonchev–Trinajstić information content (AvgIpc) is 2.81. The number of rotatable bonds is 27. The summed E-state index contributed by atoms with van der Waals surface area (Å²) in [5.41, 5.74) is 0. The van der Waals surface area contributed by atoms with E-state index in [2.05, 4.69) is 31.7 Å². The summed E-state index contributed by atoms with van der Waals surface area (Å²) in [6, 6.07) is 0. The van der Waals surface area contributed by atoms with Crippen LogP contribution in [-0.4, -0.2) is 0 Å². The smallest absolute Gasteiger partial charge is 0.0348 e. The Kier molecular flexibility index (Phi) is 29.5. The molecule has 0 aromatic carbocycles. The Labute approximate surface area is 204 Å². The van der Waals surface area contributed by atoms with Gasteiger partial charge in [-0.25, -0.2) is 0 Å². The van der Waals surface area contributed by atoms with E-state index in [0.717, 1.165) is 0 Å². The van der Waals surface area contributed by atoms with Crippen LogP contribution >= 0.6 is 0 Å². The molecule has 0 radical (unpaired) electrons. The Bertz CT molecular complexity index is 389. The SMILES string of the molecule is C=CC=CC=CCCCCCCCCCCCCCCCCCCCCCCCCCC. The first-order chi connectivity index (χ1) is 15.9. The topological polar surface area (TPSA) is 0 Å². The highest BCUT2D eigenvalue weighted by Crippen LogP contribution is 2.15. The zero-order valence-electron chi connectivity index (χ0n) is 22.3. The molecule has 0 rings (SSSR count). The van der Waals surface area contributed by atoms with Crippen LogP contribution in [0.4, 0.5) is 0 Å². The number of hydrogen-bond donors (Lipinski definition) is 0. The molecule has 188 valence electrons. The molecule has 0 unspecified atom stereocenters. The summed E-state index contributed by atoms with van der Waals surface area (Å²) in [6.45, 7) is 5.98. The van der Waals surface area contributed by atoms with Crippen molar-refractivity contribution < 1.29 is 0 Å². The first kappa shape index (κ1) is 31.2. The summed E-state index contributed by atoms with van der Waals surface area (Å²) in [5, 5.41) is 0. The van der Waals surface area contributed by atoms with Gasteiger partial charge in [-0.2, -0.15) is 0 Å². The van der Waals surface area contributed by atoms with E-state index in [0.29, 0.717) is 0 Å². The fraction of sp³-hybridized carbons (Fsp3) is 0.812. The second kappa shape index (κ2) is 30.2. The Morgan fingerprint density at radius 1 is 0.375 bits per heavy atom. The summed E-state index contributed by atoms with van der Waals surface area (Å²) >= 11 is 0. The lowest BCUT2D eigenvalue weighted by atomic mass is 10.0. The van der Waals surface area contributed by atoms with Gasteiger partial charge in [0.05, 0.1) is 0 Å². The fourth-order valence-electron chi connectivity index (χ4n) is 4.54. The van der Waals surface area contributed by atoms with Crippen LogP contribution in [0.1, 0.15) is 167 Å². The minimum atomic E-state index is 1.22. The van der Waals surface area contributed by atoms with Gasteiger partial charge >= 0.3 is 0 Å². The van der Waals surface area contributed by atoms with Crippen molar-refractivity contribution >= 4 is 0 Å². The van der Waals surface area contributed by atoms with E-state index in [4.69, 9.17) is 0 Å². The largest absolute Gasteiger partial charge is 0.0991 e. The lowest BCUT2D eigenvalue weighted by molar-refractivity contribution is 0.517. The van der Waals surface area contributed by atoms with Crippen molar-refractivity contribution in [3.8, 4) is 0 Å². The lowest BCUT2D eigenvalue weighted by Gasteiger charge is -2.04. The molecule has 0 bridgehead atoms. The molecular formula is C32H60. The van der Waals surface area contributed by atoms with Gasteiger partial charge in [0, 0.05) is 0 Å². The molecule has 0 N–H and O–H groups in total. The van der Waals surface area contributed by atoms with Gasteiger partial charge in [0.15, 0.2) is 0 Å². The van der Waals surface area contributed by atoms with Crippen molar-refractivity contribution in [1.82, 2.24) is 0 Å². The molecular weight excluding hydrogens is 384 g/mol. The summed E-state index contributed by atoms with van der Waals surface area (Å²) < 4.78 is 0. The molecule has 0 saturated heterocycles. The van der Waals surface area contributed by atoms with Gasteiger partial charge < -0.3 is 0 Å². The van der Waals surface area contributed by atoms with Gasteiger partial charge in [-0.1, -0.05) is 192 Å². The van der Waals surface area contributed by atoms with Crippen LogP contribution < -0.4 is 0 Å². The van der Waals surface area contributed by atoms with Crippen molar-refractivity contribution in [2.45, 2.75) is 167 Å². The van der Waals surface area contributed by atoms with E-state index in [9.17, 15) is 0 Å². The Morgan fingerprint density at radius 3 is 1.00 bits per heavy atom. The second-order valence-corrected chi connectivity index (χ2v) is 9.97. The molecule has 0 aliphatic heterocycles. The molecule has 0 aliphatic rings. The highest BCUT2D eigenvalue weighted by atomic mass is 14.0. The summed E-state index contributed by atoms with van der Waals surface area (Å²) in [5.74, 6) is 0. The lowest BCUT2D eigenvalue weighted by Crippen LogP contribution is -1.84. The van der Waals surface area contributed by atoms with E-state index in [-0.39, 0.29) is 0 Å². The van der Waals surface area contributed by atoms with Crippen LogP contribution in [0, 0.1) is 0 Å². The maximum atomic E-state index is 3.68. The van der Waals surface area contributed by atoms with Crippen LogP contribution in [0.15, 0.2) is 37.0 Å². The summed E-state index contributed by atoms with van der Waals surface area (Å²) in [4.78, 5) is 0. The zero-order valence-corrected chi connectivity index (χ0v) is 22.3. The molecule has 0 saturated carbocycles. The monoisotopic (exact) mass is 444 g/mol. The predicted molar refractivity (Wildman–Crippen MR) is 150 cm³/mol. The van der Waals surface area contributed by atoms with Crippen LogP contribution in [0.3, 0.4) is 0 Å². The number of allylic oxidation sites excluding steroid dienone is 5. The standard InChI is InChI=1S/C32H60/c1-3-5-7-9-11-13-15-17-19-21-23-25-27-29-31-32-30-28-26-24-22-20-18-16-14-12-10-8-6-4-2/h3,5,7,9,11H,1,4,6,8,10,12-32H2,2H3. The molecule has 0 heterocycles. The Morgan fingerprint density at radius 2 is 0.688 bits per heavy atom. The van der Waals surface area contributed by atoms with Crippen LogP contribution in [0.5, 0.6) is 0 Å². The van der Waals surface area contributed by atoms with E-state index < -0.39 is 0 Å². The number of hydrogen-bond acceptors (Lipinski definition) is 0. The minimum absolute atomic E-state index is 1.22. The third kappa shape index (κ3) is 29.2. The first-order valence-corrected chi connectivity index (χ1v) is 14.9. The van der Waals surface area contributed by atoms with Crippen molar-refractivity contribution in [2.24, 2.45) is 0 Å². The molecule has 0 aliphatic carbocycles. The van der Waals surface area contributed by atoms with E-state index in [1.165, 1.54) is 161 Å². The molecule has 0 spiro atoms. The van der Waals surface area contributed by atoms with Gasteiger partial charge in [-0.05, 0) is 12.8 Å². The number of unbranched alkanes of at least 4 members (excludes halogenated alkanes) is 24. The van der Waals surface area contributed by atoms with Crippen molar-refractivity contribution in [3.05, 3.63) is 37.0 Å². The molecule has 0 fully saturated rings. The van der Waals surface area contributed by atoms with E-state index >= 15 is 0 Å². The minimum Gasteiger partial charge on any atom is -0.0991 e. The highest BCUT2D eigenvalue weighted by molar-refractivity contribution is 5.08. The zero-order chi connectivity index (χ0) is 23.2. The van der Waals surface area contributed by atoms with Crippen LogP contribution in [0.25, 0.3) is 0 Å². The first-order valence-electron chi connectivity index (χ1n) is 14.9. The normalized spacial score (nSPS) is 11.8. The van der Waals surface area contributed by atoms with Crippen LogP contribution in [0.2, 0.25) is 0 Å². The average molecular weight is 445 g/mol. The van der Waals surface area contributed by atoms with E-state index in [1.807, 2.05) is 12.2 Å². The van der Waals surface area contributed by atoms with Crippen LogP contribution in [-0.2, 0) is 0 Å². The maximum absolute atomic E-state index is 3.68. The van der Waals surface area contributed by atoms with Gasteiger partial charge in [0.25, 0.3) is 0 Å². The molecule has 32 heavy (non-hydrogen) atoms. The van der Waals surface area contributed by atoms with E-state index in [1.54, 1.807) is 0 Å². The third-order valence-electron chi connectivity index (χ3n) is 6.72. The molecule has 0 amide bonds. The van der Waals surface area contributed by atoms with Crippen molar-refractivity contribution in [1.29, 1.82) is 0 Å². The van der Waals surface area contributed by atoms with Gasteiger partial charge in [0.1, 0.15) is 0 Å². The predicted octanol–water partition coefficient (Wildman–Crippen LogP) is 12.1. The molecule has 0 aromatic heterocycles. The quantitative estimate of drug-likeness (QED) is 0.0872. The molecule has 0 heteroatoms. The van der Waals surface area contributed by atoms with Crippen molar-refractivity contribution in [2.75, 3.05) is 0 Å². The Hall–Kier alpha value is -0.780. The second-order valence-electron chi connectivity index (χ2n) is 9.97. The van der Waals surface area contributed by atoms with Gasteiger partial charge in [-0.3, -0.25) is 0 Å². The highest BCUT2D eigenvalue weighted by Gasteiger charge is 1.96. The third-order valence-corrected chi connectivity index (χ3v) is 6.72. The fourth-order valence-corrected chi connectivity index (χ4v) is 4.54. The van der Waals surface area contributed by atoms with Gasteiger partial charge in [0.2, 0.25) is 0 Å². The summed E-state index contributed by atoms with van der Waals surface area (Å²) in [6.07, 6.45) is 46.5. The molecule has 0 nitrogen and oxygen atoms in total. The molecule has 0 atom stereocenters. The summed E-state index contributed by atoms with van der Waals surface area (Å²) in [7, 11) is 0. The Balaban J connectivity index is 3.04. The van der Waals surface area contributed by atoms with Crippen molar-refractivity contribution in [3.63, 3.8) is 0 Å². The maximum Gasteiger partial charge on any atom is -0.0348 e. The molecule has 0 aromatic rings. The van der Waals surface area contributed by atoms with Gasteiger partial charge in [-0.15, -0.1) is 0 Å².